The first-order valence-corrected chi connectivity index (χ1v) is 10.4. The molecule has 1 amide bonds. The van der Waals surface area contributed by atoms with Crippen LogP contribution in [0.1, 0.15) is 18.4 Å². The third kappa shape index (κ3) is 4.96. The van der Waals surface area contributed by atoms with Crippen molar-refractivity contribution in [1.29, 1.82) is 0 Å². The van der Waals surface area contributed by atoms with Gasteiger partial charge in [0.05, 0.1) is 12.1 Å². The molecule has 1 aliphatic rings. The highest BCUT2D eigenvalue weighted by molar-refractivity contribution is 6.30. The number of carbonyl (C=O) groups is 1. The molecule has 3 aromatic rings. The van der Waals surface area contributed by atoms with Gasteiger partial charge in [0.1, 0.15) is 11.6 Å². The van der Waals surface area contributed by atoms with E-state index in [-0.39, 0.29) is 16.8 Å². The van der Waals surface area contributed by atoms with Crippen molar-refractivity contribution in [1.82, 2.24) is 15.5 Å². The number of rotatable bonds is 6. The van der Waals surface area contributed by atoms with E-state index in [2.05, 4.69) is 15.5 Å². The Kier molecular flexibility index (Phi) is 6.36. The van der Waals surface area contributed by atoms with Gasteiger partial charge in [0, 0.05) is 31.1 Å². The summed E-state index contributed by atoms with van der Waals surface area (Å²) in [6.45, 7) is 1.60. The highest BCUT2D eigenvalue weighted by Crippen LogP contribution is 2.27. The molecule has 1 saturated heterocycles. The third-order valence-electron chi connectivity index (χ3n) is 5.34. The van der Waals surface area contributed by atoms with Crippen molar-refractivity contribution in [3.05, 3.63) is 58.9 Å². The Morgan fingerprint density at radius 1 is 1.23 bits per heavy atom. The van der Waals surface area contributed by atoms with Crippen LogP contribution in [0.2, 0.25) is 5.02 Å². The quantitative estimate of drug-likeness (QED) is 0.617. The van der Waals surface area contributed by atoms with Crippen LogP contribution in [0.3, 0.4) is 0 Å². The molecule has 0 radical (unpaired) electrons. The van der Waals surface area contributed by atoms with E-state index in [1.807, 2.05) is 29.2 Å². The maximum atomic E-state index is 13.2. The summed E-state index contributed by atoms with van der Waals surface area (Å²) in [5.41, 5.74) is 1.57. The van der Waals surface area contributed by atoms with E-state index in [1.54, 1.807) is 13.2 Å². The second kappa shape index (κ2) is 9.34. The standard InChI is InChI=1S/C22H22ClFN4O3/c1-30-17-5-3-16(4-6-17)21-26-27-22(31-21)28-10-8-15(9-11-28)20(29)25-13-14-2-7-19(24)18(23)12-14/h2-7,12,15H,8-11,13H2,1H3,(H,25,29). The zero-order chi connectivity index (χ0) is 21.8. The first kappa shape index (κ1) is 21.1. The van der Waals surface area contributed by atoms with Gasteiger partial charge in [-0.2, -0.15) is 0 Å². The van der Waals surface area contributed by atoms with Crippen LogP contribution >= 0.6 is 11.6 Å². The summed E-state index contributed by atoms with van der Waals surface area (Å²) in [7, 11) is 1.61. The number of piperidine rings is 1. The highest BCUT2D eigenvalue weighted by Gasteiger charge is 2.27. The Morgan fingerprint density at radius 2 is 1.97 bits per heavy atom. The summed E-state index contributed by atoms with van der Waals surface area (Å²) >= 11 is 5.79. The van der Waals surface area contributed by atoms with Gasteiger partial charge in [-0.15, -0.1) is 5.10 Å². The molecule has 0 atom stereocenters. The number of nitrogens with zero attached hydrogens (tertiary/aromatic N) is 3. The summed E-state index contributed by atoms with van der Waals surface area (Å²) < 4.78 is 24.2. The first-order chi connectivity index (χ1) is 15.0. The van der Waals surface area contributed by atoms with Crippen LogP contribution in [-0.4, -0.2) is 36.3 Å². The molecular formula is C22H22ClFN4O3. The Morgan fingerprint density at radius 3 is 2.65 bits per heavy atom. The van der Waals surface area contributed by atoms with E-state index in [0.717, 1.165) is 16.9 Å². The molecule has 7 nitrogen and oxygen atoms in total. The number of ether oxygens (including phenoxy) is 1. The molecule has 162 valence electrons. The number of methoxy groups -OCH3 is 1. The number of hydrogen-bond donors (Lipinski definition) is 1. The fourth-order valence-corrected chi connectivity index (χ4v) is 3.71. The van der Waals surface area contributed by atoms with Gasteiger partial charge in [-0.05, 0) is 54.8 Å². The van der Waals surface area contributed by atoms with Gasteiger partial charge in [0.2, 0.25) is 11.8 Å². The lowest BCUT2D eigenvalue weighted by Gasteiger charge is -2.29. The third-order valence-corrected chi connectivity index (χ3v) is 5.63. The summed E-state index contributed by atoms with van der Waals surface area (Å²) in [5.74, 6) is 0.600. The molecule has 0 saturated carbocycles. The van der Waals surface area contributed by atoms with E-state index < -0.39 is 5.82 Å². The number of anilines is 1. The molecule has 9 heteroatoms. The summed E-state index contributed by atoms with van der Waals surface area (Å²) in [4.78, 5) is 14.5. The van der Waals surface area contributed by atoms with Crippen molar-refractivity contribution >= 4 is 23.5 Å². The molecule has 0 aliphatic carbocycles. The van der Waals surface area contributed by atoms with Crippen molar-refractivity contribution in [2.45, 2.75) is 19.4 Å². The van der Waals surface area contributed by atoms with Crippen molar-refractivity contribution in [2.75, 3.05) is 25.1 Å². The second-order valence-electron chi connectivity index (χ2n) is 7.35. The summed E-state index contributed by atoms with van der Waals surface area (Å²) in [6, 6.07) is 12.3. The van der Waals surface area contributed by atoms with E-state index in [4.69, 9.17) is 20.8 Å². The van der Waals surface area contributed by atoms with Gasteiger partial charge in [0.15, 0.2) is 0 Å². The summed E-state index contributed by atoms with van der Waals surface area (Å²) in [5, 5.41) is 11.2. The first-order valence-electron chi connectivity index (χ1n) is 9.98. The van der Waals surface area contributed by atoms with Gasteiger partial charge in [-0.3, -0.25) is 4.79 Å². The molecule has 0 unspecified atom stereocenters. The molecule has 4 rings (SSSR count). The summed E-state index contributed by atoms with van der Waals surface area (Å²) in [6.07, 6.45) is 1.35. The molecule has 0 spiro atoms. The maximum absolute atomic E-state index is 13.2. The minimum atomic E-state index is -0.472. The Hall–Kier alpha value is -3.13. The van der Waals surface area contributed by atoms with Gasteiger partial charge < -0.3 is 19.4 Å². The topological polar surface area (TPSA) is 80.5 Å². The van der Waals surface area contributed by atoms with Gasteiger partial charge in [-0.25, -0.2) is 4.39 Å². The average Bonchev–Trinajstić information content (AvgIpc) is 3.30. The molecule has 0 bridgehead atoms. The van der Waals surface area contributed by atoms with E-state index in [0.29, 0.717) is 44.4 Å². The second-order valence-corrected chi connectivity index (χ2v) is 7.75. The molecular weight excluding hydrogens is 423 g/mol. The Balaban J connectivity index is 1.29. The number of carbonyl (C=O) groups excluding carboxylic acids is 1. The van der Waals surface area contributed by atoms with Crippen molar-refractivity contribution in [2.24, 2.45) is 5.92 Å². The van der Waals surface area contributed by atoms with Crippen LogP contribution in [-0.2, 0) is 11.3 Å². The Labute approximate surface area is 184 Å². The average molecular weight is 445 g/mol. The zero-order valence-electron chi connectivity index (χ0n) is 17.0. The van der Waals surface area contributed by atoms with Crippen LogP contribution in [0.15, 0.2) is 46.9 Å². The predicted octanol–water partition coefficient (Wildman–Crippen LogP) is 4.07. The highest BCUT2D eigenvalue weighted by atomic mass is 35.5. The molecule has 31 heavy (non-hydrogen) atoms. The normalized spacial score (nSPS) is 14.5. The number of amides is 1. The van der Waals surface area contributed by atoms with Crippen LogP contribution in [0, 0.1) is 11.7 Å². The number of nitrogens with one attached hydrogen (secondary N) is 1. The number of hydrogen-bond acceptors (Lipinski definition) is 6. The molecule has 1 N–H and O–H groups in total. The minimum absolute atomic E-state index is 0.0236. The predicted molar refractivity (Wildman–Crippen MR) is 114 cm³/mol. The van der Waals surface area contributed by atoms with Crippen molar-refractivity contribution in [3.8, 4) is 17.2 Å². The van der Waals surface area contributed by atoms with Crippen LogP contribution < -0.4 is 15.0 Å². The zero-order valence-corrected chi connectivity index (χ0v) is 17.7. The maximum Gasteiger partial charge on any atom is 0.318 e. The molecule has 1 fully saturated rings. The van der Waals surface area contributed by atoms with E-state index in [9.17, 15) is 9.18 Å². The van der Waals surface area contributed by atoms with Crippen LogP contribution in [0.4, 0.5) is 10.4 Å². The number of halogens is 2. The monoisotopic (exact) mass is 444 g/mol. The molecule has 2 aromatic carbocycles. The van der Waals surface area contributed by atoms with Crippen LogP contribution in [0.5, 0.6) is 5.75 Å². The molecule has 1 aliphatic heterocycles. The van der Waals surface area contributed by atoms with Crippen LogP contribution in [0.25, 0.3) is 11.5 Å². The number of aromatic nitrogens is 2. The van der Waals surface area contributed by atoms with Gasteiger partial charge >= 0.3 is 6.01 Å². The van der Waals surface area contributed by atoms with Gasteiger partial charge in [-0.1, -0.05) is 22.8 Å². The molecule has 1 aromatic heterocycles. The van der Waals surface area contributed by atoms with Crippen molar-refractivity contribution < 1.29 is 18.3 Å². The largest absolute Gasteiger partial charge is 0.497 e. The minimum Gasteiger partial charge on any atom is -0.497 e. The number of benzene rings is 2. The lowest BCUT2D eigenvalue weighted by Crippen LogP contribution is -2.40. The lowest BCUT2D eigenvalue weighted by atomic mass is 9.96. The molecule has 2 heterocycles. The lowest BCUT2D eigenvalue weighted by molar-refractivity contribution is -0.125. The Bertz CT molecular complexity index is 1050. The van der Waals surface area contributed by atoms with E-state index in [1.165, 1.54) is 12.1 Å². The fraction of sp³-hybridized carbons (Fsp3) is 0.318. The fourth-order valence-electron chi connectivity index (χ4n) is 3.51. The van der Waals surface area contributed by atoms with Gasteiger partial charge in [0.25, 0.3) is 0 Å². The van der Waals surface area contributed by atoms with E-state index >= 15 is 0 Å². The van der Waals surface area contributed by atoms with Crippen molar-refractivity contribution in [3.63, 3.8) is 0 Å². The smallest absolute Gasteiger partial charge is 0.318 e. The SMILES string of the molecule is COc1ccc(-c2nnc(N3CCC(C(=O)NCc4ccc(F)c(Cl)c4)CC3)o2)cc1.